The van der Waals surface area contributed by atoms with Gasteiger partial charge in [-0.05, 0) is 38.1 Å². The van der Waals surface area contributed by atoms with E-state index in [2.05, 4.69) is 10.6 Å². The number of nitrogens with one attached hydrogen (secondary N) is 2. The molecule has 0 saturated carbocycles. The lowest BCUT2D eigenvalue weighted by atomic mass is 10.1. The fourth-order valence-corrected chi connectivity index (χ4v) is 1.98. The number of hydrogen-bond acceptors (Lipinski definition) is 3. The molecular formula is C13H18N2O2. The van der Waals surface area contributed by atoms with Crippen LogP contribution < -0.4 is 15.4 Å². The second kappa shape index (κ2) is 5.68. The Labute approximate surface area is 101 Å². The normalized spacial score (nSPS) is 16.5. The van der Waals surface area contributed by atoms with Gasteiger partial charge in [-0.2, -0.15) is 0 Å². The molecule has 0 aromatic heterocycles. The van der Waals surface area contributed by atoms with Crippen LogP contribution in [0.1, 0.15) is 23.2 Å². The number of carbonyl (C=O) groups excluding carboxylic acids is 1. The third kappa shape index (κ3) is 2.97. The van der Waals surface area contributed by atoms with Gasteiger partial charge in [-0.3, -0.25) is 4.79 Å². The van der Waals surface area contributed by atoms with Crippen LogP contribution in [0.2, 0.25) is 0 Å². The van der Waals surface area contributed by atoms with E-state index < -0.39 is 0 Å². The molecule has 1 aliphatic heterocycles. The van der Waals surface area contributed by atoms with Gasteiger partial charge in [-0.15, -0.1) is 0 Å². The number of piperidine rings is 1. The molecule has 0 aliphatic carbocycles. The van der Waals surface area contributed by atoms with Crippen molar-refractivity contribution in [3.63, 3.8) is 0 Å². The number of carbonyl (C=O) groups is 1. The molecule has 1 heterocycles. The molecule has 1 amide bonds. The van der Waals surface area contributed by atoms with E-state index in [4.69, 9.17) is 4.74 Å². The second-order valence-electron chi connectivity index (χ2n) is 4.14. The van der Waals surface area contributed by atoms with E-state index in [1.54, 1.807) is 13.1 Å². The highest BCUT2D eigenvalue weighted by molar-refractivity contribution is 5.96. The Kier molecular flexibility index (Phi) is 3.98. The first-order chi connectivity index (χ1) is 8.31. The van der Waals surface area contributed by atoms with Crippen molar-refractivity contribution in [2.24, 2.45) is 0 Å². The molecule has 17 heavy (non-hydrogen) atoms. The predicted octanol–water partition coefficient (Wildman–Crippen LogP) is 1.18. The molecule has 1 aliphatic rings. The van der Waals surface area contributed by atoms with E-state index in [9.17, 15) is 4.79 Å². The summed E-state index contributed by atoms with van der Waals surface area (Å²) in [5.74, 6) is 0.577. The molecule has 2 N–H and O–H groups in total. The van der Waals surface area contributed by atoms with Gasteiger partial charge in [-0.1, -0.05) is 12.1 Å². The largest absolute Gasteiger partial charge is 0.489 e. The van der Waals surface area contributed by atoms with Crippen LogP contribution in [0.15, 0.2) is 24.3 Å². The summed E-state index contributed by atoms with van der Waals surface area (Å²) in [6.45, 7) is 1.96. The third-order valence-corrected chi connectivity index (χ3v) is 2.94. The molecule has 92 valence electrons. The predicted molar refractivity (Wildman–Crippen MR) is 66.4 cm³/mol. The summed E-state index contributed by atoms with van der Waals surface area (Å²) in [7, 11) is 1.63. The third-order valence-electron chi connectivity index (χ3n) is 2.94. The minimum absolute atomic E-state index is 0.102. The van der Waals surface area contributed by atoms with Gasteiger partial charge in [0.2, 0.25) is 0 Å². The Morgan fingerprint density at radius 1 is 1.35 bits per heavy atom. The van der Waals surface area contributed by atoms with Gasteiger partial charge >= 0.3 is 0 Å². The summed E-state index contributed by atoms with van der Waals surface area (Å²) < 4.78 is 5.91. The highest BCUT2D eigenvalue weighted by Crippen LogP contribution is 2.21. The van der Waals surface area contributed by atoms with E-state index in [0.29, 0.717) is 11.3 Å². The average Bonchev–Trinajstić information content (AvgIpc) is 2.40. The minimum atomic E-state index is -0.102. The Morgan fingerprint density at radius 2 is 2.06 bits per heavy atom. The SMILES string of the molecule is CNC(=O)c1ccccc1OC1CCNCC1. The quantitative estimate of drug-likeness (QED) is 0.825. The highest BCUT2D eigenvalue weighted by Gasteiger charge is 2.17. The van der Waals surface area contributed by atoms with E-state index in [-0.39, 0.29) is 12.0 Å². The Bertz CT molecular complexity index is 387. The van der Waals surface area contributed by atoms with Crippen molar-refractivity contribution in [2.45, 2.75) is 18.9 Å². The Hall–Kier alpha value is -1.55. The molecule has 0 spiro atoms. The smallest absolute Gasteiger partial charge is 0.254 e. The monoisotopic (exact) mass is 234 g/mol. The maximum absolute atomic E-state index is 11.7. The van der Waals surface area contributed by atoms with Gasteiger partial charge in [0.1, 0.15) is 11.9 Å². The zero-order chi connectivity index (χ0) is 12.1. The number of benzene rings is 1. The van der Waals surface area contributed by atoms with Crippen molar-refractivity contribution in [2.75, 3.05) is 20.1 Å². The standard InChI is InChI=1S/C13H18N2O2/c1-14-13(16)11-4-2-3-5-12(11)17-10-6-8-15-9-7-10/h2-5,10,15H,6-9H2,1H3,(H,14,16). The van der Waals surface area contributed by atoms with Crippen molar-refractivity contribution in [1.29, 1.82) is 0 Å². The summed E-state index contributed by atoms with van der Waals surface area (Å²) in [4.78, 5) is 11.7. The molecule has 1 aromatic rings. The van der Waals surface area contributed by atoms with E-state index >= 15 is 0 Å². The molecule has 0 unspecified atom stereocenters. The average molecular weight is 234 g/mol. The molecule has 1 saturated heterocycles. The minimum Gasteiger partial charge on any atom is -0.489 e. The van der Waals surface area contributed by atoms with Crippen molar-refractivity contribution in [1.82, 2.24) is 10.6 Å². The molecule has 0 radical (unpaired) electrons. The Morgan fingerprint density at radius 3 is 2.76 bits per heavy atom. The number of amides is 1. The summed E-state index contributed by atoms with van der Waals surface area (Å²) in [5.41, 5.74) is 0.605. The molecule has 1 aromatic carbocycles. The van der Waals surface area contributed by atoms with Gasteiger partial charge in [-0.25, -0.2) is 0 Å². The van der Waals surface area contributed by atoms with Crippen LogP contribution in [0.25, 0.3) is 0 Å². The molecule has 0 atom stereocenters. The summed E-state index contributed by atoms with van der Waals surface area (Å²) >= 11 is 0. The van der Waals surface area contributed by atoms with Gasteiger partial charge < -0.3 is 15.4 Å². The zero-order valence-corrected chi connectivity index (χ0v) is 10.0. The fraction of sp³-hybridized carbons (Fsp3) is 0.462. The molecule has 0 bridgehead atoms. The van der Waals surface area contributed by atoms with Gasteiger partial charge in [0.15, 0.2) is 0 Å². The molecule has 4 heteroatoms. The highest BCUT2D eigenvalue weighted by atomic mass is 16.5. The number of para-hydroxylation sites is 1. The molecule has 1 fully saturated rings. The number of rotatable bonds is 3. The van der Waals surface area contributed by atoms with Crippen molar-refractivity contribution in [3.8, 4) is 5.75 Å². The fourth-order valence-electron chi connectivity index (χ4n) is 1.98. The lowest BCUT2D eigenvalue weighted by molar-refractivity contribution is 0.0952. The van der Waals surface area contributed by atoms with E-state index in [1.165, 1.54) is 0 Å². The summed E-state index contributed by atoms with van der Waals surface area (Å²) in [6.07, 6.45) is 2.19. The van der Waals surface area contributed by atoms with Crippen LogP contribution in [0.5, 0.6) is 5.75 Å². The van der Waals surface area contributed by atoms with Crippen LogP contribution in [0.4, 0.5) is 0 Å². The topological polar surface area (TPSA) is 50.4 Å². The van der Waals surface area contributed by atoms with Crippen molar-refractivity contribution in [3.05, 3.63) is 29.8 Å². The van der Waals surface area contributed by atoms with Crippen molar-refractivity contribution >= 4 is 5.91 Å². The molecule has 2 rings (SSSR count). The number of ether oxygens (including phenoxy) is 1. The lowest BCUT2D eigenvalue weighted by Crippen LogP contribution is -2.34. The zero-order valence-electron chi connectivity index (χ0n) is 10.0. The maximum Gasteiger partial charge on any atom is 0.254 e. The van der Waals surface area contributed by atoms with E-state index in [0.717, 1.165) is 25.9 Å². The van der Waals surface area contributed by atoms with Crippen LogP contribution in [0.3, 0.4) is 0 Å². The van der Waals surface area contributed by atoms with Gasteiger partial charge in [0.05, 0.1) is 5.56 Å². The maximum atomic E-state index is 11.7. The van der Waals surface area contributed by atoms with Crippen LogP contribution in [0, 0.1) is 0 Å². The summed E-state index contributed by atoms with van der Waals surface area (Å²) in [5, 5.41) is 5.92. The first kappa shape index (κ1) is 11.9. The Balaban J connectivity index is 2.11. The van der Waals surface area contributed by atoms with Gasteiger partial charge in [0.25, 0.3) is 5.91 Å². The first-order valence-corrected chi connectivity index (χ1v) is 5.99. The number of hydrogen-bond donors (Lipinski definition) is 2. The van der Waals surface area contributed by atoms with Crippen LogP contribution in [-0.4, -0.2) is 32.1 Å². The van der Waals surface area contributed by atoms with Gasteiger partial charge in [0, 0.05) is 7.05 Å². The van der Waals surface area contributed by atoms with E-state index in [1.807, 2.05) is 18.2 Å². The van der Waals surface area contributed by atoms with Crippen LogP contribution in [-0.2, 0) is 0 Å². The van der Waals surface area contributed by atoms with Crippen molar-refractivity contribution < 1.29 is 9.53 Å². The molecule has 4 nitrogen and oxygen atoms in total. The summed E-state index contributed by atoms with van der Waals surface area (Å²) in [6, 6.07) is 7.38. The second-order valence-corrected chi connectivity index (χ2v) is 4.14. The lowest BCUT2D eigenvalue weighted by Gasteiger charge is -2.24. The first-order valence-electron chi connectivity index (χ1n) is 5.99. The molecular weight excluding hydrogens is 216 g/mol. The van der Waals surface area contributed by atoms with Crippen LogP contribution >= 0.6 is 0 Å².